The number of allylic oxidation sites excluding steroid dienone is 2. The van der Waals surface area contributed by atoms with Crippen molar-refractivity contribution in [3.63, 3.8) is 0 Å². The second kappa shape index (κ2) is 10.1. The summed E-state index contributed by atoms with van der Waals surface area (Å²) in [4.78, 5) is 0. The van der Waals surface area contributed by atoms with Crippen LogP contribution in [0.25, 0.3) is 12.2 Å². The van der Waals surface area contributed by atoms with Gasteiger partial charge in [0.2, 0.25) is 0 Å². The molecule has 0 fully saturated rings. The van der Waals surface area contributed by atoms with Gasteiger partial charge in [-0.1, -0.05) is 0 Å². The quantitative estimate of drug-likeness (QED) is 0.504. The topological polar surface area (TPSA) is 0 Å². The SMILES string of the molecule is CCC1=Cc2ccccc2[CH]1[Zr+2]([CH3])([CH3])[CH]1C(CC)=Cc2ccccc21.[Cl-].[Cl-].[SiH4]. The fraction of sp³-hybridized carbons (Fsp3) is 0.333. The monoisotopic (exact) mass is 508 g/mol. The van der Waals surface area contributed by atoms with Gasteiger partial charge in [-0.15, -0.1) is 0 Å². The molecule has 2 aliphatic carbocycles. The third-order valence-corrected chi connectivity index (χ3v) is 17.0. The summed E-state index contributed by atoms with van der Waals surface area (Å²) < 4.78 is 6.81. The second-order valence-corrected chi connectivity index (χ2v) is 19.9. The number of hydrogen-bond acceptors (Lipinski definition) is 0. The van der Waals surface area contributed by atoms with Crippen molar-refractivity contribution in [2.45, 2.75) is 43.2 Å². The first kappa shape index (κ1) is 25.6. The van der Waals surface area contributed by atoms with Crippen LogP contribution >= 0.6 is 0 Å². The molecule has 0 radical (unpaired) electrons. The van der Waals surface area contributed by atoms with Crippen LogP contribution in [0.4, 0.5) is 0 Å². The van der Waals surface area contributed by atoms with Crippen molar-refractivity contribution < 1.29 is 45.1 Å². The van der Waals surface area contributed by atoms with E-state index in [0.29, 0.717) is 7.25 Å². The van der Waals surface area contributed by atoms with Gasteiger partial charge in [0, 0.05) is 0 Å². The molecule has 0 bridgehead atoms. The van der Waals surface area contributed by atoms with E-state index in [1.807, 2.05) is 0 Å². The van der Waals surface area contributed by atoms with Crippen LogP contribution in [-0.4, -0.2) is 11.0 Å². The standard InChI is InChI=1S/2C11H11.2CH3.2ClH.H4Si.Zr/c2*1-2-9-7-10-5-3-4-6-11(10)8-9;;;;;;/h2*3-8H,2H2,1H3;2*1H3;2*1H;1H4;/q;;;;;;;+2/p-2. The van der Waals surface area contributed by atoms with Gasteiger partial charge in [0.1, 0.15) is 0 Å². The van der Waals surface area contributed by atoms with E-state index < -0.39 is 20.3 Å². The summed E-state index contributed by atoms with van der Waals surface area (Å²) in [7, 11) is 0. The molecule has 2 aromatic carbocycles. The van der Waals surface area contributed by atoms with E-state index in [4.69, 9.17) is 0 Å². The Morgan fingerprint density at radius 1 is 0.679 bits per heavy atom. The molecule has 2 aliphatic rings. The summed E-state index contributed by atoms with van der Waals surface area (Å²) in [6.45, 7) is 4.68. The molecule has 28 heavy (non-hydrogen) atoms. The van der Waals surface area contributed by atoms with Crippen LogP contribution in [0, 0.1) is 0 Å². The number of hydrogen-bond donors (Lipinski definition) is 0. The third kappa shape index (κ3) is 4.08. The van der Waals surface area contributed by atoms with Crippen molar-refractivity contribution >= 4 is 23.1 Å². The minimum atomic E-state index is -2.57. The van der Waals surface area contributed by atoms with Crippen molar-refractivity contribution in [3.05, 3.63) is 81.9 Å². The summed E-state index contributed by atoms with van der Waals surface area (Å²) >= 11 is -2.57. The molecule has 0 spiro atoms. The fourth-order valence-corrected chi connectivity index (χ4v) is 17.5. The zero-order valence-electron chi connectivity index (χ0n) is 16.6. The smallest absolute Gasteiger partial charge is 0.0149 e. The normalized spacial score (nSPS) is 18.7. The molecule has 0 nitrogen and oxygen atoms in total. The van der Waals surface area contributed by atoms with Gasteiger partial charge in [0.05, 0.1) is 0 Å². The van der Waals surface area contributed by atoms with Gasteiger partial charge in [-0.05, 0) is 11.0 Å². The molecule has 0 saturated heterocycles. The molecule has 4 heteroatoms. The minimum Gasteiger partial charge on any atom is -1.00 e. The number of benzene rings is 2. The first-order chi connectivity index (χ1) is 12.1. The van der Waals surface area contributed by atoms with E-state index >= 15 is 0 Å². The van der Waals surface area contributed by atoms with Gasteiger partial charge in [-0.25, -0.2) is 0 Å². The van der Waals surface area contributed by atoms with Crippen LogP contribution in [-0.2, 0) is 20.3 Å². The van der Waals surface area contributed by atoms with E-state index in [9.17, 15) is 0 Å². The average molecular weight is 511 g/mol. The van der Waals surface area contributed by atoms with Crippen LogP contribution < -0.4 is 24.8 Å². The van der Waals surface area contributed by atoms with Crippen molar-refractivity contribution in [3.8, 4) is 0 Å². The molecule has 0 amide bonds. The molecule has 150 valence electrons. The second-order valence-electron chi connectivity index (χ2n) is 8.09. The first-order valence-corrected chi connectivity index (χ1v) is 17.4. The van der Waals surface area contributed by atoms with Crippen LogP contribution in [0.15, 0.2) is 59.7 Å². The number of halogens is 2. The summed E-state index contributed by atoms with van der Waals surface area (Å²) in [5.74, 6) is 0. The Morgan fingerprint density at radius 3 is 1.39 bits per heavy atom. The van der Waals surface area contributed by atoms with Gasteiger partial charge in [0.15, 0.2) is 0 Å². The molecule has 0 saturated carbocycles. The van der Waals surface area contributed by atoms with Gasteiger partial charge in [-0.2, -0.15) is 0 Å². The summed E-state index contributed by atoms with van der Waals surface area (Å²) in [5, 5.41) is 0. The van der Waals surface area contributed by atoms with Crippen LogP contribution in [0.5, 0.6) is 0 Å². The molecule has 2 unspecified atom stereocenters. The average Bonchev–Trinajstić information content (AvgIpc) is 3.20. The van der Waals surface area contributed by atoms with E-state index in [-0.39, 0.29) is 35.8 Å². The van der Waals surface area contributed by atoms with E-state index in [2.05, 4.69) is 83.8 Å². The zero-order chi connectivity index (χ0) is 17.6. The molecular weight excluding hydrogens is 478 g/mol. The maximum atomic E-state index is 2.70. The fourth-order valence-electron chi connectivity index (χ4n) is 5.31. The molecule has 0 aliphatic heterocycles. The Hall–Kier alpha value is -0.400. The van der Waals surface area contributed by atoms with Crippen molar-refractivity contribution in [2.24, 2.45) is 0 Å². The number of rotatable bonds is 4. The van der Waals surface area contributed by atoms with Crippen molar-refractivity contribution in [2.75, 3.05) is 0 Å². The Balaban J connectivity index is 0.00000131. The number of fused-ring (bicyclic) bond motifs is 2. The Bertz CT molecular complexity index is 814. The molecule has 4 rings (SSSR count). The van der Waals surface area contributed by atoms with Crippen LogP contribution in [0.1, 0.15) is 56.2 Å². The van der Waals surface area contributed by atoms with Crippen molar-refractivity contribution in [1.82, 2.24) is 0 Å². The maximum absolute atomic E-state index is 2.70. The predicted molar refractivity (Wildman–Crippen MR) is 118 cm³/mol. The van der Waals surface area contributed by atoms with Gasteiger partial charge in [0.25, 0.3) is 0 Å². The Kier molecular flexibility index (Phi) is 9.22. The van der Waals surface area contributed by atoms with Gasteiger partial charge >= 0.3 is 158 Å². The van der Waals surface area contributed by atoms with Gasteiger partial charge < -0.3 is 24.8 Å². The molecular formula is C24H32Cl2SiZr. The largest absolute Gasteiger partial charge is 1.00 e. The van der Waals surface area contributed by atoms with Crippen LogP contribution in [0.2, 0.25) is 9.26 Å². The maximum Gasteiger partial charge on any atom is -0.0149 e. The summed E-state index contributed by atoms with van der Waals surface area (Å²) in [5.41, 5.74) is 9.54. The van der Waals surface area contributed by atoms with E-state index in [1.165, 1.54) is 24.0 Å². The molecule has 0 N–H and O–H groups in total. The van der Waals surface area contributed by atoms with Crippen LogP contribution in [0.3, 0.4) is 0 Å². The zero-order valence-corrected chi connectivity index (χ0v) is 20.6. The minimum absolute atomic E-state index is 0. The summed E-state index contributed by atoms with van der Waals surface area (Å²) in [6, 6.07) is 18.3. The Morgan fingerprint density at radius 2 is 1.04 bits per heavy atom. The van der Waals surface area contributed by atoms with Crippen molar-refractivity contribution in [1.29, 1.82) is 0 Å². The Labute approximate surface area is 192 Å². The molecule has 2 atom stereocenters. The molecule has 0 heterocycles. The van der Waals surface area contributed by atoms with E-state index in [0.717, 1.165) is 0 Å². The molecule has 0 aromatic heterocycles. The van der Waals surface area contributed by atoms with Gasteiger partial charge in [-0.3, -0.25) is 0 Å². The van der Waals surface area contributed by atoms with E-state index in [1.54, 1.807) is 22.3 Å². The first-order valence-electron chi connectivity index (χ1n) is 9.66. The summed E-state index contributed by atoms with van der Waals surface area (Å²) in [6.07, 6.45) is 7.35. The third-order valence-electron chi connectivity index (χ3n) is 6.34. The predicted octanol–water partition coefficient (Wildman–Crippen LogP) is -0.110. The molecule has 2 aromatic rings.